The monoisotopic (exact) mass is 425 g/mol. The van der Waals surface area contributed by atoms with Gasteiger partial charge in [0.25, 0.3) is 0 Å². The smallest absolute Gasteiger partial charge is 0.306 e. The van der Waals surface area contributed by atoms with Crippen molar-refractivity contribution in [3.8, 4) is 5.75 Å². The highest BCUT2D eigenvalue weighted by atomic mass is 16.5. The minimum absolute atomic E-state index is 0.197. The van der Waals surface area contributed by atoms with Crippen molar-refractivity contribution in [3.63, 3.8) is 0 Å². The predicted molar refractivity (Wildman–Crippen MR) is 119 cm³/mol. The average Bonchev–Trinajstić information content (AvgIpc) is 3.14. The molecular weight excluding hydrogens is 394 g/mol. The normalized spacial score (nSPS) is 12.2. The van der Waals surface area contributed by atoms with E-state index in [4.69, 9.17) is 14.6 Å². The Hall–Kier alpha value is -2.93. The maximum absolute atomic E-state index is 12.5. The summed E-state index contributed by atoms with van der Waals surface area (Å²) in [4.78, 5) is 12.5. The Morgan fingerprint density at radius 3 is 2.71 bits per heavy atom. The van der Waals surface area contributed by atoms with Crippen LogP contribution in [-0.4, -0.2) is 46.4 Å². The predicted octanol–water partition coefficient (Wildman–Crippen LogP) is 3.69. The van der Waals surface area contributed by atoms with Crippen LogP contribution in [0.25, 0.3) is 11.0 Å². The van der Waals surface area contributed by atoms with E-state index in [1.807, 2.05) is 26.1 Å². The Kier molecular flexibility index (Phi) is 7.63. The maximum Gasteiger partial charge on any atom is 0.306 e. The molecule has 0 radical (unpaired) electrons. The van der Waals surface area contributed by atoms with Crippen molar-refractivity contribution in [2.24, 2.45) is 7.05 Å². The number of rotatable bonds is 10. The van der Waals surface area contributed by atoms with E-state index in [0.717, 1.165) is 41.4 Å². The summed E-state index contributed by atoms with van der Waals surface area (Å²) in [5.41, 5.74) is 5.95. The highest BCUT2D eigenvalue weighted by Gasteiger charge is 2.23. The number of hydrogen-bond acceptors (Lipinski definition) is 6. The lowest BCUT2D eigenvalue weighted by Gasteiger charge is -2.20. The van der Waals surface area contributed by atoms with E-state index < -0.39 is 0 Å². The van der Waals surface area contributed by atoms with Crippen LogP contribution in [-0.2, 0) is 23.0 Å². The van der Waals surface area contributed by atoms with Gasteiger partial charge in [0.05, 0.1) is 20.1 Å². The van der Waals surface area contributed by atoms with Crippen molar-refractivity contribution in [1.29, 1.82) is 0 Å². The summed E-state index contributed by atoms with van der Waals surface area (Å²) >= 11 is 0. The first-order chi connectivity index (χ1) is 15.0. The van der Waals surface area contributed by atoms with Gasteiger partial charge in [-0.05, 0) is 67.5 Å². The lowest BCUT2D eigenvalue weighted by Crippen LogP contribution is -2.12. The average molecular weight is 426 g/mol. The Balaban J connectivity index is 2.06. The number of aliphatic hydroxyl groups is 1. The van der Waals surface area contributed by atoms with Gasteiger partial charge in [0.2, 0.25) is 0 Å². The van der Waals surface area contributed by atoms with Crippen LogP contribution in [0.1, 0.15) is 54.4 Å². The van der Waals surface area contributed by atoms with Gasteiger partial charge in [-0.25, -0.2) is 4.68 Å². The van der Waals surface area contributed by atoms with E-state index in [2.05, 4.69) is 35.4 Å². The number of aromatic nitrogens is 3. The molecule has 0 spiro atoms. The SMILES string of the molecule is CCOC(=O)CC(c1ccc(C)c(CCCCO)c1)c1cc(OC)c2c(c1)nnn2C. The first kappa shape index (κ1) is 22.7. The van der Waals surface area contributed by atoms with Gasteiger partial charge in [-0.1, -0.05) is 23.4 Å². The van der Waals surface area contributed by atoms with Crippen LogP contribution in [0.2, 0.25) is 0 Å². The summed E-state index contributed by atoms with van der Waals surface area (Å²) in [5, 5.41) is 17.5. The molecule has 31 heavy (non-hydrogen) atoms. The number of methoxy groups -OCH3 is 1. The topological polar surface area (TPSA) is 86.5 Å². The number of carbonyl (C=O) groups excluding carboxylic acids is 1. The molecule has 1 heterocycles. The summed E-state index contributed by atoms with van der Waals surface area (Å²) in [5.74, 6) is 0.230. The van der Waals surface area contributed by atoms with Gasteiger partial charge in [-0.2, -0.15) is 0 Å². The molecule has 1 N–H and O–H groups in total. The molecule has 0 amide bonds. The van der Waals surface area contributed by atoms with Gasteiger partial charge in [-0.3, -0.25) is 4.79 Å². The van der Waals surface area contributed by atoms with Gasteiger partial charge in [0, 0.05) is 19.6 Å². The van der Waals surface area contributed by atoms with Crippen LogP contribution in [0.15, 0.2) is 30.3 Å². The molecular formula is C24H31N3O4. The van der Waals surface area contributed by atoms with Crippen LogP contribution >= 0.6 is 0 Å². The molecule has 7 heteroatoms. The second kappa shape index (κ2) is 10.4. The zero-order chi connectivity index (χ0) is 22.4. The van der Waals surface area contributed by atoms with Crippen LogP contribution in [0.3, 0.4) is 0 Å². The number of nitrogens with zero attached hydrogens (tertiary/aromatic N) is 3. The minimum Gasteiger partial charge on any atom is -0.494 e. The van der Waals surface area contributed by atoms with E-state index in [0.29, 0.717) is 12.4 Å². The molecule has 0 aliphatic carbocycles. The van der Waals surface area contributed by atoms with Crippen molar-refractivity contribution in [2.75, 3.05) is 20.3 Å². The fourth-order valence-electron chi connectivity index (χ4n) is 3.95. The van der Waals surface area contributed by atoms with Crippen LogP contribution in [0.4, 0.5) is 0 Å². The zero-order valence-electron chi connectivity index (χ0n) is 18.7. The Morgan fingerprint density at radius 2 is 2.00 bits per heavy atom. The largest absolute Gasteiger partial charge is 0.494 e. The number of benzene rings is 2. The number of aryl methyl sites for hydroxylation is 3. The standard InChI is InChI=1S/C24H31N3O4/c1-5-31-23(29)15-20(18-10-9-16(2)17(12-18)8-6-7-11-28)19-13-21-24(22(14-19)30-4)27(3)26-25-21/h9-10,12-14,20,28H,5-8,11,15H2,1-4H3. The van der Waals surface area contributed by atoms with Gasteiger partial charge < -0.3 is 14.6 Å². The second-order valence-electron chi connectivity index (χ2n) is 7.73. The van der Waals surface area contributed by atoms with E-state index in [1.54, 1.807) is 11.8 Å². The molecule has 3 aromatic rings. The third kappa shape index (κ3) is 5.22. The molecule has 0 saturated heterocycles. The van der Waals surface area contributed by atoms with Crippen LogP contribution in [0, 0.1) is 6.92 Å². The van der Waals surface area contributed by atoms with Crippen LogP contribution < -0.4 is 4.74 Å². The Morgan fingerprint density at radius 1 is 1.19 bits per heavy atom. The lowest BCUT2D eigenvalue weighted by molar-refractivity contribution is -0.143. The van der Waals surface area contributed by atoms with Crippen molar-refractivity contribution in [3.05, 3.63) is 52.6 Å². The molecule has 166 valence electrons. The number of fused-ring (bicyclic) bond motifs is 1. The summed E-state index contributed by atoms with van der Waals surface area (Å²) in [6.45, 7) is 4.44. The number of esters is 1. The van der Waals surface area contributed by atoms with Crippen molar-refractivity contribution >= 4 is 17.0 Å². The highest BCUT2D eigenvalue weighted by molar-refractivity contribution is 5.83. The molecule has 1 atom stereocenters. The molecule has 0 aliphatic rings. The first-order valence-electron chi connectivity index (χ1n) is 10.7. The molecule has 0 aliphatic heterocycles. The third-order valence-electron chi connectivity index (χ3n) is 5.62. The summed E-state index contributed by atoms with van der Waals surface area (Å²) in [7, 11) is 3.45. The fourth-order valence-corrected chi connectivity index (χ4v) is 3.95. The number of hydrogen-bond donors (Lipinski definition) is 1. The van der Waals surface area contributed by atoms with Crippen molar-refractivity contribution < 1.29 is 19.4 Å². The zero-order valence-corrected chi connectivity index (χ0v) is 18.7. The van der Waals surface area contributed by atoms with E-state index in [9.17, 15) is 4.79 Å². The molecule has 7 nitrogen and oxygen atoms in total. The second-order valence-corrected chi connectivity index (χ2v) is 7.73. The lowest BCUT2D eigenvalue weighted by atomic mass is 9.86. The van der Waals surface area contributed by atoms with E-state index in [1.165, 1.54) is 11.1 Å². The molecule has 1 aromatic heterocycles. The molecule has 0 saturated carbocycles. The quantitative estimate of drug-likeness (QED) is 0.394. The Labute approximate surface area is 183 Å². The Bertz CT molecular complexity index is 1040. The minimum atomic E-state index is -0.242. The van der Waals surface area contributed by atoms with Crippen molar-refractivity contribution in [2.45, 2.75) is 45.4 Å². The summed E-state index contributed by atoms with van der Waals surface area (Å²) in [6, 6.07) is 10.3. The van der Waals surface area contributed by atoms with Gasteiger partial charge in [0.15, 0.2) is 0 Å². The number of carbonyl (C=O) groups is 1. The fraction of sp³-hybridized carbons (Fsp3) is 0.458. The van der Waals surface area contributed by atoms with Crippen LogP contribution in [0.5, 0.6) is 5.75 Å². The molecule has 0 bridgehead atoms. The number of aliphatic hydroxyl groups excluding tert-OH is 1. The molecule has 0 fully saturated rings. The van der Waals surface area contributed by atoms with Crippen molar-refractivity contribution in [1.82, 2.24) is 15.0 Å². The summed E-state index contributed by atoms with van der Waals surface area (Å²) < 4.78 is 12.6. The van der Waals surface area contributed by atoms with Gasteiger partial charge >= 0.3 is 5.97 Å². The number of unbranched alkanes of at least 4 members (excludes halogenated alkanes) is 1. The van der Waals surface area contributed by atoms with E-state index in [-0.39, 0.29) is 24.9 Å². The third-order valence-corrected chi connectivity index (χ3v) is 5.62. The number of ether oxygens (including phenoxy) is 2. The van der Waals surface area contributed by atoms with E-state index >= 15 is 0 Å². The molecule has 1 unspecified atom stereocenters. The maximum atomic E-state index is 12.5. The highest BCUT2D eigenvalue weighted by Crippen LogP contribution is 2.35. The summed E-state index contributed by atoms with van der Waals surface area (Å²) in [6.07, 6.45) is 2.81. The molecule has 2 aromatic carbocycles. The molecule has 3 rings (SSSR count). The van der Waals surface area contributed by atoms with Gasteiger partial charge in [-0.15, -0.1) is 5.10 Å². The van der Waals surface area contributed by atoms with Gasteiger partial charge in [0.1, 0.15) is 16.8 Å². The first-order valence-corrected chi connectivity index (χ1v) is 10.7.